The molecule has 2 N–H and O–H groups in total. The molecule has 2 aromatic carbocycles. The van der Waals surface area contributed by atoms with Crippen LogP contribution in [0.1, 0.15) is 27.4 Å². The lowest BCUT2D eigenvalue weighted by molar-refractivity contribution is 0.0684. The predicted octanol–water partition coefficient (Wildman–Crippen LogP) is 4.46. The summed E-state index contributed by atoms with van der Waals surface area (Å²) in [6.07, 6.45) is 2.32. The van der Waals surface area contributed by atoms with E-state index in [1.165, 1.54) is 6.07 Å². The van der Waals surface area contributed by atoms with Crippen LogP contribution >= 0.6 is 0 Å². The summed E-state index contributed by atoms with van der Waals surface area (Å²) in [5.41, 5.74) is 1.89. The van der Waals surface area contributed by atoms with E-state index in [9.17, 15) is 14.3 Å². The van der Waals surface area contributed by atoms with E-state index in [1.54, 1.807) is 48.3 Å². The minimum absolute atomic E-state index is 0.102. The van der Waals surface area contributed by atoms with Crippen molar-refractivity contribution in [3.63, 3.8) is 0 Å². The Labute approximate surface area is 178 Å². The molecule has 0 saturated heterocycles. The predicted molar refractivity (Wildman–Crippen MR) is 115 cm³/mol. The van der Waals surface area contributed by atoms with Gasteiger partial charge in [-0.25, -0.2) is 9.18 Å². The third kappa shape index (κ3) is 4.32. The normalized spacial score (nSPS) is 11.2. The van der Waals surface area contributed by atoms with Crippen LogP contribution < -0.4 is 10.1 Å². The standard InChI is InChI=1S/C24H23FN2O4/c1-30-18-8-9-19-20(14-26-11-10-17-6-4-12-31-17)23(24(28)29)27(22(19)13-18)15-16-5-2-3-7-21(16)25/h2-9,12-13,26H,10-11,14-15H2,1H3,(H,28,29). The van der Waals surface area contributed by atoms with Crippen molar-refractivity contribution in [2.24, 2.45) is 0 Å². The average molecular weight is 422 g/mol. The summed E-state index contributed by atoms with van der Waals surface area (Å²) in [7, 11) is 1.56. The molecule has 0 aliphatic carbocycles. The Morgan fingerprint density at radius 3 is 2.74 bits per heavy atom. The number of hydrogen-bond acceptors (Lipinski definition) is 4. The number of hydrogen-bond donors (Lipinski definition) is 2. The van der Waals surface area contributed by atoms with Gasteiger partial charge in [-0.1, -0.05) is 18.2 Å². The highest BCUT2D eigenvalue weighted by Crippen LogP contribution is 2.31. The molecule has 4 aromatic rings. The minimum atomic E-state index is -1.06. The van der Waals surface area contributed by atoms with Crippen LogP contribution in [0.15, 0.2) is 65.3 Å². The van der Waals surface area contributed by atoms with Crippen molar-refractivity contribution in [2.75, 3.05) is 13.7 Å². The average Bonchev–Trinajstić information content (AvgIpc) is 3.39. The van der Waals surface area contributed by atoms with Crippen molar-refractivity contribution >= 4 is 16.9 Å². The Hall–Kier alpha value is -3.58. The topological polar surface area (TPSA) is 76.6 Å². The number of carboxylic acids is 1. The quantitative estimate of drug-likeness (QED) is 0.390. The Morgan fingerprint density at radius 1 is 1.19 bits per heavy atom. The molecule has 0 spiro atoms. The van der Waals surface area contributed by atoms with Gasteiger partial charge < -0.3 is 24.1 Å². The molecule has 0 amide bonds. The van der Waals surface area contributed by atoms with E-state index in [1.807, 2.05) is 18.2 Å². The lowest BCUT2D eigenvalue weighted by Crippen LogP contribution is -2.19. The smallest absolute Gasteiger partial charge is 0.352 e. The highest BCUT2D eigenvalue weighted by Gasteiger charge is 2.23. The number of carbonyl (C=O) groups is 1. The fourth-order valence-corrected chi connectivity index (χ4v) is 3.79. The number of fused-ring (bicyclic) bond motifs is 1. The summed E-state index contributed by atoms with van der Waals surface area (Å²) in [5.74, 6) is 0.0303. The number of nitrogens with one attached hydrogen (secondary N) is 1. The Morgan fingerprint density at radius 2 is 2.03 bits per heavy atom. The molecule has 7 heteroatoms. The number of nitrogens with zero attached hydrogens (tertiary/aromatic N) is 1. The van der Waals surface area contributed by atoms with Crippen LogP contribution in [0.4, 0.5) is 4.39 Å². The van der Waals surface area contributed by atoms with Crippen LogP contribution in [-0.4, -0.2) is 29.3 Å². The van der Waals surface area contributed by atoms with E-state index in [0.29, 0.717) is 41.9 Å². The molecule has 0 aliphatic rings. The van der Waals surface area contributed by atoms with E-state index in [-0.39, 0.29) is 18.1 Å². The first kappa shape index (κ1) is 20.7. The molecule has 2 heterocycles. The van der Waals surface area contributed by atoms with E-state index >= 15 is 0 Å². The zero-order valence-corrected chi connectivity index (χ0v) is 17.1. The van der Waals surface area contributed by atoms with E-state index in [2.05, 4.69) is 5.32 Å². The number of furan rings is 1. The van der Waals surface area contributed by atoms with Crippen molar-refractivity contribution in [1.82, 2.24) is 9.88 Å². The van der Waals surface area contributed by atoms with Gasteiger partial charge in [0, 0.05) is 42.1 Å². The largest absolute Gasteiger partial charge is 0.497 e. The number of methoxy groups -OCH3 is 1. The van der Waals surface area contributed by atoms with Gasteiger partial charge in [0.1, 0.15) is 23.0 Å². The van der Waals surface area contributed by atoms with Gasteiger partial charge in [0.05, 0.1) is 25.4 Å². The van der Waals surface area contributed by atoms with Crippen LogP contribution in [0.2, 0.25) is 0 Å². The molecule has 4 rings (SSSR count). The maximum atomic E-state index is 14.3. The van der Waals surface area contributed by atoms with Gasteiger partial charge in [0.25, 0.3) is 0 Å². The van der Waals surface area contributed by atoms with Crippen molar-refractivity contribution < 1.29 is 23.4 Å². The summed E-state index contributed by atoms with van der Waals surface area (Å²) in [5, 5.41) is 14.1. The van der Waals surface area contributed by atoms with E-state index in [4.69, 9.17) is 9.15 Å². The molecule has 0 atom stereocenters. The molecular weight excluding hydrogens is 399 g/mol. The van der Waals surface area contributed by atoms with Crippen LogP contribution in [0, 0.1) is 5.82 Å². The van der Waals surface area contributed by atoms with Crippen LogP contribution in [0.3, 0.4) is 0 Å². The third-order valence-electron chi connectivity index (χ3n) is 5.30. The van der Waals surface area contributed by atoms with Gasteiger partial charge in [-0.05, 0) is 30.3 Å². The molecule has 0 saturated carbocycles. The first-order chi connectivity index (χ1) is 15.1. The number of halogens is 1. The highest BCUT2D eigenvalue weighted by atomic mass is 19.1. The Bertz CT molecular complexity index is 1200. The van der Waals surface area contributed by atoms with Gasteiger partial charge in [-0.3, -0.25) is 0 Å². The molecule has 6 nitrogen and oxygen atoms in total. The SMILES string of the molecule is COc1ccc2c(CNCCc3ccco3)c(C(=O)O)n(Cc3ccccc3F)c2c1. The third-order valence-corrected chi connectivity index (χ3v) is 5.30. The zero-order valence-electron chi connectivity index (χ0n) is 17.1. The molecule has 0 unspecified atom stereocenters. The summed E-state index contributed by atoms with van der Waals surface area (Å²) in [6, 6.07) is 15.6. The number of benzene rings is 2. The molecule has 31 heavy (non-hydrogen) atoms. The second-order valence-corrected chi connectivity index (χ2v) is 7.20. The van der Waals surface area contributed by atoms with Crippen molar-refractivity contribution in [3.05, 3.63) is 89.3 Å². The van der Waals surface area contributed by atoms with Gasteiger partial charge in [-0.2, -0.15) is 0 Å². The molecule has 0 bridgehead atoms. The fourth-order valence-electron chi connectivity index (χ4n) is 3.79. The van der Waals surface area contributed by atoms with Crippen molar-refractivity contribution in [2.45, 2.75) is 19.5 Å². The van der Waals surface area contributed by atoms with Gasteiger partial charge >= 0.3 is 5.97 Å². The second kappa shape index (κ2) is 9.06. The molecule has 160 valence electrons. The maximum Gasteiger partial charge on any atom is 0.352 e. The maximum absolute atomic E-state index is 14.3. The number of aromatic nitrogens is 1. The van der Waals surface area contributed by atoms with E-state index in [0.717, 1.165) is 11.1 Å². The summed E-state index contributed by atoms with van der Waals surface area (Å²) in [4.78, 5) is 12.3. The van der Waals surface area contributed by atoms with Gasteiger partial charge in [-0.15, -0.1) is 0 Å². The number of carboxylic acid groups (broad SMARTS) is 1. The summed E-state index contributed by atoms with van der Waals surface area (Å²) < 4.78 is 26.7. The molecule has 2 aromatic heterocycles. The number of aromatic carboxylic acids is 1. The molecular formula is C24H23FN2O4. The fraction of sp³-hybridized carbons (Fsp3) is 0.208. The Kier molecular flexibility index (Phi) is 6.04. The molecule has 0 aliphatic heterocycles. The van der Waals surface area contributed by atoms with Gasteiger partial charge in [0.2, 0.25) is 0 Å². The highest BCUT2D eigenvalue weighted by molar-refractivity contribution is 5.98. The first-order valence-corrected chi connectivity index (χ1v) is 9.97. The summed E-state index contributed by atoms with van der Waals surface area (Å²) >= 11 is 0. The molecule has 0 radical (unpaired) electrons. The number of rotatable bonds is 9. The Balaban J connectivity index is 1.72. The first-order valence-electron chi connectivity index (χ1n) is 9.97. The lowest BCUT2D eigenvalue weighted by Gasteiger charge is -2.11. The van der Waals surface area contributed by atoms with Crippen LogP contribution in [0.25, 0.3) is 10.9 Å². The number of ether oxygens (including phenoxy) is 1. The zero-order chi connectivity index (χ0) is 21.8. The second-order valence-electron chi connectivity index (χ2n) is 7.20. The van der Waals surface area contributed by atoms with E-state index < -0.39 is 5.97 Å². The van der Waals surface area contributed by atoms with Crippen LogP contribution in [-0.2, 0) is 19.5 Å². The minimum Gasteiger partial charge on any atom is -0.497 e. The summed E-state index contributed by atoms with van der Waals surface area (Å²) in [6.45, 7) is 1.09. The lowest BCUT2D eigenvalue weighted by atomic mass is 10.1. The van der Waals surface area contributed by atoms with Crippen molar-refractivity contribution in [3.8, 4) is 5.75 Å². The molecule has 0 fully saturated rings. The van der Waals surface area contributed by atoms with Gasteiger partial charge in [0.15, 0.2) is 0 Å². The van der Waals surface area contributed by atoms with Crippen LogP contribution in [0.5, 0.6) is 5.75 Å². The van der Waals surface area contributed by atoms with Crippen molar-refractivity contribution in [1.29, 1.82) is 0 Å². The monoisotopic (exact) mass is 422 g/mol.